The lowest BCUT2D eigenvalue weighted by atomic mass is 10.2. The molecule has 0 atom stereocenters. The minimum absolute atomic E-state index is 0.857. The number of ether oxygens (including phenoxy) is 2. The molecule has 0 fully saturated rings. The molecule has 13 heteroatoms. The van der Waals surface area contributed by atoms with Crippen LogP contribution in [0.15, 0.2) is 48.5 Å². The Morgan fingerprint density at radius 2 is 1.35 bits per heavy atom. The van der Waals surface area contributed by atoms with Crippen molar-refractivity contribution in [1.29, 1.82) is 0 Å². The number of alkyl halides is 3. The van der Waals surface area contributed by atoms with Crippen molar-refractivity contribution in [2.75, 3.05) is 14.2 Å². The Morgan fingerprint density at radius 3 is 1.71 bits per heavy atom. The molecular weight excluding hydrogens is 509 g/mol. The topological polar surface area (TPSA) is 92.4 Å². The third-order valence-electron chi connectivity index (χ3n) is 4.23. The van der Waals surface area contributed by atoms with Crippen LogP contribution in [0, 0.1) is 0 Å². The third-order valence-corrected chi connectivity index (χ3v) is 7.31. The molecule has 0 aliphatic rings. The summed E-state index contributed by atoms with van der Waals surface area (Å²) < 4.78 is 71.8. The van der Waals surface area contributed by atoms with Gasteiger partial charge in [-0.05, 0) is 53.5 Å². The van der Waals surface area contributed by atoms with Crippen molar-refractivity contribution in [2.24, 2.45) is 0 Å². The van der Waals surface area contributed by atoms with Gasteiger partial charge < -0.3 is 14.0 Å². The number of methoxy groups -OCH3 is 2. The van der Waals surface area contributed by atoms with Crippen LogP contribution in [0.5, 0.6) is 11.5 Å². The first-order valence-electron chi connectivity index (χ1n) is 9.87. The van der Waals surface area contributed by atoms with E-state index in [4.69, 9.17) is 27.4 Å². The molecule has 3 aromatic rings. The first-order chi connectivity index (χ1) is 15.6. The van der Waals surface area contributed by atoms with E-state index in [0.29, 0.717) is 0 Å². The molecule has 0 saturated carbocycles. The van der Waals surface area contributed by atoms with E-state index in [2.05, 4.69) is 47.9 Å². The van der Waals surface area contributed by atoms with Gasteiger partial charge in [-0.25, -0.2) is 8.42 Å². The highest BCUT2D eigenvalue weighted by molar-refractivity contribution is 7.86. The fourth-order valence-corrected chi connectivity index (χ4v) is 5.90. The highest BCUT2D eigenvalue weighted by Crippen LogP contribution is 2.28. The molecule has 0 aliphatic carbocycles. The molecule has 186 valence electrons. The van der Waals surface area contributed by atoms with Gasteiger partial charge >= 0.3 is 11.3 Å². The lowest BCUT2D eigenvalue weighted by molar-refractivity contribution is -0.601. The third kappa shape index (κ3) is 7.79. The largest absolute Gasteiger partial charge is 0.741 e. The molecule has 1 aromatic heterocycles. The van der Waals surface area contributed by atoms with E-state index in [9.17, 15) is 13.2 Å². The van der Waals surface area contributed by atoms with Crippen molar-refractivity contribution in [2.45, 2.75) is 31.3 Å². The molecule has 7 nitrogen and oxygen atoms in total. The molecule has 0 aliphatic heterocycles. The van der Waals surface area contributed by atoms with Crippen LogP contribution in [0.2, 0.25) is 19.6 Å². The molecule has 3 rings (SSSR count). The van der Waals surface area contributed by atoms with E-state index in [1.54, 1.807) is 25.8 Å². The summed E-state index contributed by atoms with van der Waals surface area (Å²) in [6.45, 7) is 7.14. The van der Waals surface area contributed by atoms with E-state index in [1.807, 2.05) is 24.3 Å². The number of nitrogens with zero attached hydrogens (tertiary/aromatic N) is 2. The average Bonchev–Trinajstić information content (AvgIpc) is 3.15. The molecule has 0 bridgehead atoms. The minimum atomic E-state index is -6.09. The molecular formula is C21H25F3N2O5S2Si. The van der Waals surface area contributed by atoms with Gasteiger partial charge in [0, 0.05) is 5.56 Å². The van der Waals surface area contributed by atoms with Crippen LogP contribution in [0.4, 0.5) is 13.2 Å². The van der Waals surface area contributed by atoms with Crippen molar-refractivity contribution in [1.82, 2.24) is 4.98 Å². The van der Waals surface area contributed by atoms with Crippen LogP contribution in [-0.2, 0) is 16.3 Å². The van der Waals surface area contributed by atoms with Gasteiger partial charge in [0.25, 0.3) is 5.01 Å². The molecule has 0 N–H and O–H groups in total. The van der Waals surface area contributed by atoms with Crippen molar-refractivity contribution < 1.29 is 39.6 Å². The van der Waals surface area contributed by atoms with Gasteiger partial charge in [-0.3, -0.25) is 0 Å². The van der Waals surface area contributed by atoms with Gasteiger partial charge in [0.05, 0.1) is 45.6 Å². The van der Waals surface area contributed by atoms with Crippen LogP contribution in [0.25, 0.3) is 22.0 Å². The van der Waals surface area contributed by atoms with Crippen LogP contribution >= 0.6 is 11.5 Å². The van der Waals surface area contributed by atoms with Gasteiger partial charge in [-0.15, -0.1) is 0 Å². The van der Waals surface area contributed by atoms with Gasteiger partial charge in [0.15, 0.2) is 10.1 Å². The summed E-state index contributed by atoms with van der Waals surface area (Å²) in [6.07, 6.45) is 1.04. The van der Waals surface area contributed by atoms with E-state index >= 15 is 0 Å². The lowest BCUT2D eigenvalue weighted by Crippen LogP contribution is -2.44. The first-order valence-corrected chi connectivity index (χ1v) is 15.8. The summed E-state index contributed by atoms with van der Waals surface area (Å²) in [6, 6.07) is 16.2. The quantitative estimate of drug-likeness (QED) is 0.197. The van der Waals surface area contributed by atoms with E-state index in [0.717, 1.165) is 39.6 Å². The maximum Gasteiger partial charge on any atom is 0.485 e. The Labute approximate surface area is 201 Å². The summed E-state index contributed by atoms with van der Waals surface area (Å²) >= 11 is 1.73. The number of benzene rings is 2. The summed E-state index contributed by atoms with van der Waals surface area (Å²) in [5, 5.41) is 1.02. The number of halogens is 3. The molecule has 1 heterocycles. The zero-order valence-corrected chi connectivity index (χ0v) is 21.8. The molecule has 0 unspecified atom stereocenters. The summed E-state index contributed by atoms with van der Waals surface area (Å²) in [5.41, 5.74) is -3.42. The van der Waals surface area contributed by atoms with E-state index in [1.165, 1.54) is 0 Å². The Hall–Kier alpha value is -2.48. The van der Waals surface area contributed by atoms with E-state index in [-0.39, 0.29) is 0 Å². The highest BCUT2D eigenvalue weighted by atomic mass is 32.2. The van der Waals surface area contributed by atoms with Crippen molar-refractivity contribution in [3.05, 3.63) is 48.5 Å². The van der Waals surface area contributed by atoms with Gasteiger partial charge in [-0.2, -0.15) is 17.1 Å². The minimum Gasteiger partial charge on any atom is -0.741 e. The summed E-state index contributed by atoms with van der Waals surface area (Å²) in [4.78, 5) is 4.97. The standard InChI is InChI=1S/C20H25N2O2SSi.CHF3O3S/c1-23-17-10-6-15(7-11-17)19-21-20(25-22(19)14-26(3,4)5)16-8-12-18(24-2)13-9-16;2-1(3,4)8(5,6)7/h6-13H,14H2,1-5H3;(H,5,6,7)/q+1;/p-1. The smallest absolute Gasteiger partial charge is 0.485 e. The van der Waals surface area contributed by atoms with E-state index < -0.39 is 23.7 Å². The predicted molar refractivity (Wildman–Crippen MR) is 125 cm³/mol. The first kappa shape index (κ1) is 27.8. The SMILES string of the molecule is COc1ccc(-c2nc(-c3ccc(OC)cc3)[n+](C[Si](C)(C)C)s2)cc1.O=S(=O)([O-])C(F)(F)F. The van der Waals surface area contributed by atoms with Crippen molar-refractivity contribution >= 4 is 29.7 Å². The maximum atomic E-state index is 10.7. The average molecular weight is 535 g/mol. The second kappa shape index (κ2) is 10.8. The Bertz CT molecular complexity index is 1190. The fraction of sp³-hybridized carbons (Fsp3) is 0.333. The zero-order chi connectivity index (χ0) is 25.7. The molecule has 0 amide bonds. The Morgan fingerprint density at radius 1 is 0.941 bits per heavy atom. The second-order valence-corrected chi connectivity index (χ2v) is 16.1. The number of hydrogen-bond acceptors (Lipinski definition) is 7. The normalized spacial score (nSPS) is 12.0. The van der Waals surface area contributed by atoms with Crippen molar-refractivity contribution in [3.8, 4) is 33.5 Å². The maximum absolute atomic E-state index is 10.7. The zero-order valence-electron chi connectivity index (χ0n) is 19.2. The fourth-order valence-electron chi connectivity index (χ4n) is 2.66. The van der Waals surface area contributed by atoms with Gasteiger partial charge in [-0.1, -0.05) is 19.6 Å². The number of hydrogen-bond donors (Lipinski definition) is 0. The number of aromatic nitrogens is 2. The van der Waals surface area contributed by atoms with Crippen LogP contribution in [0.1, 0.15) is 0 Å². The Kier molecular flexibility index (Phi) is 8.85. The Balaban J connectivity index is 0.000000440. The van der Waals surface area contributed by atoms with Gasteiger partial charge in [0.1, 0.15) is 11.5 Å². The van der Waals surface area contributed by atoms with Crippen LogP contribution in [0.3, 0.4) is 0 Å². The summed E-state index contributed by atoms with van der Waals surface area (Å²) in [7, 11) is -4.02. The number of rotatable bonds is 6. The lowest BCUT2D eigenvalue weighted by Gasteiger charge is -2.12. The molecule has 0 spiro atoms. The van der Waals surface area contributed by atoms with Crippen LogP contribution in [-0.4, -0.2) is 45.8 Å². The second-order valence-electron chi connectivity index (χ2n) is 8.29. The predicted octanol–water partition coefficient (Wildman–Crippen LogP) is 4.71. The molecule has 2 aromatic carbocycles. The summed E-state index contributed by atoms with van der Waals surface area (Å²) in [5.74, 6) is 2.73. The molecule has 0 radical (unpaired) electrons. The monoisotopic (exact) mass is 534 g/mol. The highest BCUT2D eigenvalue weighted by Gasteiger charge is 2.37. The molecule has 34 heavy (non-hydrogen) atoms. The molecule has 0 saturated heterocycles. The van der Waals surface area contributed by atoms with Crippen LogP contribution < -0.4 is 13.4 Å². The van der Waals surface area contributed by atoms with Gasteiger partial charge in [0.2, 0.25) is 0 Å². The van der Waals surface area contributed by atoms with Crippen molar-refractivity contribution in [3.63, 3.8) is 0 Å².